The van der Waals surface area contributed by atoms with Crippen molar-refractivity contribution in [3.8, 4) is 17.3 Å². The fourth-order valence-corrected chi connectivity index (χ4v) is 5.35. The molecule has 0 spiro atoms. The normalized spacial score (nSPS) is 14.7. The van der Waals surface area contributed by atoms with Gasteiger partial charge in [0.15, 0.2) is 23.0 Å². The van der Waals surface area contributed by atoms with Crippen LogP contribution in [0.1, 0.15) is 53.2 Å². The van der Waals surface area contributed by atoms with Crippen molar-refractivity contribution in [2.75, 3.05) is 37.1 Å². The fourth-order valence-electron chi connectivity index (χ4n) is 5.05. The molecule has 0 radical (unpaired) electrons. The highest BCUT2D eigenvalue weighted by Crippen LogP contribution is 2.46. The number of rotatable bonds is 8. The zero-order valence-corrected chi connectivity index (χ0v) is 24.4. The number of hydrogen-bond acceptors (Lipinski definition) is 7. The van der Waals surface area contributed by atoms with E-state index in [1.807, 2.05) is 61.7 Å². The average molecular weight is 582 g/mol. The summed E-state index contributed by atoms with van der Waals surface area (Å²) in [6.07, 6.45) is 1.58. The van der Waals surface area contributed by atoms with E-state index in [-0.39, 0.29) is 18.6 Å². The lowest BCUT2D eigenvalue weighted by atomic mass is 10.0. The van der Waals surface area contributed by atoms with E-state index in [1.54, 1.807) is 36.2 Å². The van der Waals surface area contributed by atoms with Gasteiger partial charge in [-0.15, -0.1) is 0 Å². The van der Waals surface area contributed by atoms with Crippen LogP contribution >= 0.6 is 23.2 Å². The van der Waals surface area contributed by atoms with E-state index in [4.69, 9.17) is 37.9 Å². The first-order chi connectivity index (χ1) is 19.2. The number of hydrogen-bond donors (Lipinski definition) is 1. The zero-order chi connectivity index (χ0) is 28.7. The Hall–Kier alpha value is -3.66. The summed E-state index contributed by atoms with van der Waals surface area (Å²) < 4.78 is 7.66. The van der Waals surface area contributed by atoms with Gasteiger partial charge in [-0.05, 0) is 56.2 Å². The van der Waals surface area contributed by atoms with Gasteiger partial charge in [-0.25, -0.2) is 15.0 Å². The first kappa shape index (κ1) is 27.9. The molecule has 3 heterocycles. The molecule has 0 fully saturated rings. The molecule has 0 saturated carbocycles. The molecule has 9 nitrogen and oxygen atoms in total. The third kappa shape index (κ3) is 4.78. The SMILES string of the molecule is COc1cnc(N(C)CCO)nc1-c1nc2c(n1C(C)C)C(c1ccc(Cl)cc1)N(c1cc(Cl)ccc1C)C2=O. The number of benzene rings is 2. The Balaban J connectivity index is 1.77. The number of aryl methyl sites for hydroxylation is 1. The lowest BCUT2D eigenvalue weighted by Gasteiger charge is -2.29. The van der Waals surface area contributed by atoms with Crippen molar-refractivity contribution in [2.45, 2.75) is 32.9 Å². The van der Waals surface area contributed by atoms with Crippen LogP contribution in [0.4, 0.5) is 11.6 Å². The number of halogens is 2. The number of methoxy groups -OCH3 is 1. The molecule has 2 aromatic carbocycles. The van der Waals surface area contributed by atoms with Gasteiger partial charge in [-0.1, -0.05) is 41.4 Å². The molecule has 1 atom stereocenters. The third-order valence-corrected chi connectivity index (χ3v) is 7.46. The molecule has 4 aromatic rings. The van der Waals surface area contributed by atoms with Gasteiger partial charge in [0.05, 0.1) is 25.6 Å². The number of aliphatic hydroxyl groups excluding tert-OH is 1. The Morgan fingerprint density at radius 2 is 1.77 bits per heavy atom. The van der Waals surface area contributed by atoms with E-state index >= 15 is 0 Å². The molecule has 1 aliphatic rings. The number of ether oxygens (including phenoxy) is 1. The highest BCUT2D eigenvalue weighted by molar-refractivity contribution is 6.31. The summed E-state index contributed by atoms with van der Waals surface area (Å²) in [6.45, 7) is 6.33. The molecule has 1 N–H and O–H groups in total. The second kappa shape index (κ2) is 11.1. The van der Waals surface area contributed by atoms with Gasteiger partial charge in [0.2, 0.25) is 5.95 Å². The molecular formula is C29H30Cl2N6O3. The number of likely N-dealkylation sites (N-methyl/N-ethyl adjacent to an activating group) is 1. The number of aromatic nitrogens is 4. The van der Waals surface area contributed by atoms with Crippen LogP contribution in [0.5, 0.6) is 5.75 Å². The van der Waals surface area contributed by atoms with Crippen LogP contribution in [0.3, 0.4) is 0 Å². The van der Waals surface area contributed by atoms with Crippen molar-refractivity contribution < 1.29 is 14.6 Å². The van der Waals surface area contributed by atoms with Crippen molar-refractivity contribution in [1.82, 2.24) is 19.5 Å². The van der Waals surface area contributed by atoms with Crippen LogP contribution < -0.4 is 14.5 Å². The molecule has 40 heavy (non-hydrogen) atoms. The van der Waals surface area contributed by atoms with Gasteiger partial charge >= 0.3 is 0 Å². The lowest BCUT2D eigenvalue weighted by Crippen LogP contribution is -2.31. The highest BCUT2D eigenvalue weighted by Gasteiger charge is 2.45. The van der Waals surface area contributed by atoms with E-state index in [9.17, 15) is 9.90 Å². The molecule has 1 aliphatic heterocycles. The Kier molecular flexibility index (Phi) is 7.72. The summed E-state index contributed by atoms with van der Waals surface area (Å²) in [5, 5.41) is 10.6. The maximum Gasteiger partial charge on any atom is 0.279 e. The number of fused-ring (bicyclic) bond motifs is 1. The van der Waals surface area contributed by atoms with Crippen LogP contribution in [0, 0.1) is 6.92 Å². The molecule has 0 bridgehead atoms. The molecule has 5 rings (SSSR count). The van der Waals surface area contributed by atoms with Crippen molar-refractivity contribution >= 4 is 40.7 Å². The molecule has 0 aliphatic carbocycles. The first-order valence-electron chi connectivity index (χ1n) is 12.9. The predicted molar refractivity (Wildman–Crippen MR) is 157 cm³/mol. The van der Waals surface area contributed by atoms with E-state index in [0.29, 0.717) is 51.2 Å². The topological polar surface area (TPSA) is 96.6 Å². The summed E-state index contributed by atoms with van der Waals surface area (Å²) >= 11 is 12.6. The second-order valence-electron chi connectivity index (χ2n) is 9.93. The minimum Gasteiger partial charge on any atom is -0.493 e. The molecule has 208 valence electrons. The van der Waals surface area contributed by atoms with Crippen molar-refractivity contribution in [2.24, 2.45) is 0 Å². The van der Waals surface area contributed by atoms with Gasteiger partial charge in [0.1, 0.15) is 6.04 Å². The number of aliphatic hydroxyl groups is 1. The third-order valence-electron chi connectivity index (χ3n) is 6.97. The maximum atomic E-state index is 14.2. The molecule has 2 aromatic heterocycles. The van der Waals surface area contributed by atoms with Crippen LogP contribution in [0.25, 0.3) is 11.5 Å². The molecular weight excluding hydrogens is 551 g/mol. The number of imidazole rings is 1. The number of carbonyl (C=O) groups is 1. The first-order valence-corrected chi connectivity index (χ1v) is 13.6. The Morgan fingerprint density at radius 1 is 1.07 bits per heavy atom. The van der Waals surface area contributed by atoms with Crippen LogP contribution in [-0.4, -0.2) is 57.8 Å². The minimum absolute atomic E-state index is 0.0494. The van der Waals surface area contributed by atoms with Gasteiger partial charge < -0.3 is 19.3 Å². The fraction of sp³-hybridized carbons (Fsp3) is 0.310. The molecule has 11 heteroatoms. The summed E-state index contributed by atoms with van der Waals surface area (Å²) in [6, 6.07) is 12.4. The quantitative estimate of drug-likeness (QED) is 0.284. The maximum absolute atomic E-state index is 14.2. The molecule has 1 unspecified atom stereocenters. The van der Waals surface area contributed by atoms with Crippen molar-refractivity contribution in [1.29, 1.82) is 0 Å². The monoisotopic (exact) mass is 580 g/mol. The van der Waals surface area contributed by atoms with Crippen LogP contribution in [-0.2, 0) is 0 Å². The van der Waals surface area contributed by atoms with Gasteiger partial charge in [-0.3, -0.25) is 9.69 Å². The Morgan fingerprint density at radius 3 is 2.42 bits per heavy atom. The Labute approximate surface area is 243 Å². The van der Waals surface area contributed by atoms with E-state index in [1.165, 1.54) is 0 Å². The standard InChI is InChI=1S/C29H30Cl2N6O3/c1-16(2)36-26-24(33-27(36)23-22(40-5)15-32-29(34-23)35(4)12-13-38)28(39)37(21-14-20(31)9-6-17(21)3)25(26)18-7-10-19(30)11-8-18/h6-11,14-16,25,38H,12-13H2,1-5H3. The summed E-state index contributed by atoms with van der Waals surface area (Å²) in [4.78, 5) is 31.8. The number of anilines is 2. The summed E-state index contributed by atoms with van der Waals surface area (Å²) in [5.74, 6) is 1.07. The number of amides is 1. The van der Waals surface area contributed by atoms with Gasteiger partial charge in [0.25, 0.3) is 5.91 Å². The smallest absolute Gasteiger partial charge is 0.279 e. The van der Waals surface area contributed by atoms with Gasteiger partial charge in [0, 0.05) is 35.4 Å². The van der Waals surface area contributed by atoms with Gasteiger partial charge in [-0.2, -0.15) is 0 Å². The van der Waals surface area contributed by atoms with Crippen LogP contribution in [0.2, 0.25) is 10.0 Å². The second-order valence-corrected chi connectivity index (χ2v) is 10.8. The Bertz CT molecular complexity index is 1570. The zero-order valence-electron chi connectivity index (χ0n) is 22.9. The summed E-state index contributed by atoms with van der Waals surface area (Å²) in [7, 11) is 3.34. The minimum atomic E-state index is -0.495. The van der Waals surface area contributed by atoms with E-state index in [0.717, 1.165) is 16.8 Å². The van der Waals surface area contributed by atoms with Crippen molar-refractivity contribution in [3.05, 3.63) is 81.2 Å². The highest BCUT2D eigenvalue weighted by atomic mass is 35.5. The lowest BCUT2D eigenvalue weighted by molar-refractivity contribution is 0.0989. The predicted octanol–water partition coefficient (Wildman–Crippen LogP) is 5.72. The number of carbonyl (C=O) groups excluding carboxylic acids is 1. The number of nitrogens with zero attached hydrogens (tertiary/aromatic N) is 6. The summed E-state index contributed by atoms with van der Waals surface area (Å²) in [5.41, 5.74) is 4.01. The van der Waals surface area contributed by atoms with Crippen molar-refractivity contribution in [3.63, 3.8) is 0 Å². The van der Waals surface area contributed by atoms with E-state index < -0.39 is 6.04 Å². The molecule has 0 saturated heterocycles. The largest absolute Gasteiger partial charge is 0.493 e. The van der Waals surface area contributed by atoms with E-state index in [2.05, 4.69) is 4.98 Å². The van der Waals surface area contributed by atoms with Crippen LogP contribution in [0.15, 0.2) is 48.7 Å². The average Bonchev–Trinajstić information content (AvgIpc) is 3.45. The molecule has 1 amide bonds.